The molecule has 1 aromatic heterocycles. The first-order valence-corrected chi connectivity index (χ1v) is 15.3. The van der Waals surface area contributed by atoms with Crippen LogP contribution in [-0.2, 0) is 21.2 Å². The molecule has 1 aliphatic heterocycles. The van der Waals surface area contributed by atoms with E-state index >= 15 is 0 Å². The summed E-state index contributed by atoms with van der Waals surface area (Å²) in [4.78, 5) is 34.4. The normalized spacial score (nSPS) is 16.3. The van der Waals surface area contributed by atoms with Crippen molar-refractivity contribution < 1.29 is 18.0 Å². The fourth-order valence-corrected chi connectivity index (χ4v) is 5.82. The van der Waals surface area contributed by atoms with Crippen molar-refractivity contribution in [2.45, 2.75) is 38.8 Å². The number of carbonyl (C=O) groups is 2. The SMILES string of the molecule is C=CC(=O)N1CCCC[C@@H](n2c(NC(=O)c3ccccc3)nc3cc(CN(C)CCS(C)(=O)=O)cc(C)c32)C1. The maximum atomic E-state index is 13.2. The minimum absolute atomic E-state index is 0.0746. The van der Waals surface area contributed by atoms with Gasteiger partial charge in [0.05, 0.1) is 22.8 Å². The number of hydrogen-bond donors (Lipinski definition) is 1. The molecule has 2 aromatic carbocycles. The largest absolute Gasteiger partial charge is 0.337 e. The fraction of sp³-hybridized carbons (Fsp3) is 0.414. The van der Waals surface area contributed by atoms with Gasteiger partial charge in [0.15, 0.2) is 0 Å². The Bertz CT molecular complexity index is 1470. The number of sulfone groups is 1. The number of nitrogens with zero attached hydrogens (tertiary/aromatic N) is 4. The van der Waals surface area contributed by atoms with Crippen LogP contribution in [0.4, 0.5) is 5.95 Å². The summed E-state index contributed by atoms with van der Waals surface area (Å²) in [7, 11) is -1.16. The summed E-state index contributed by atoms with van der Waals surface area (Å²) in [5.74, 6) is 0.189. The zero-order valence-electron chi connectivity index (χ0n) is 22.9. The maximum Gasteiger partial charge on any atom is 0.257 e. The Morgan fingerprint density at radius 2 is 1.95 bits per heavy atom. The third-order valence-electron chi connectivity index (χ3n) is 7.09. The second-order valence-electron chi connectivity index (χ2n) is 10.4. The van der Waals surface area contributed by atoms with Crippen molar-refractivity contribution in [1.29, 1.82) is 0 Å². The van der Waals surface area contributed by atoms with Crippen LogP contribution in [0, 0.1) is 6.92 Å². The molecule has 2 amide bonds. The molecule has 0 bridgehead atoms. The highest BCUT2D eigenvalue weighted by Gasteiger charge is 2.27. The number of amides is 2. The summed E-state index contributed by atoms with van der Waals surface area (Å²) in [5, 5.41) is 3.03. The molecule has 1 N–H and O–H groups in total. The third kappa shape index (κ3) is 7.13. The summed E-state index contributed by atoms with van der Waals surface area (Å²) >= 11 is 0. The molecule has 4 rings (SSSR count). The summed E-state index contributed by atoms with van der Waals surface area (Å²) < 4.78 is 25.3. The Labute approximate surface area is 230 Å². The monoisotopic (exact) mass is 551 g/mol. The summed E-state index contributed by atoms with van der Waals surface area (Å²) in [6.45, 7) is 7.85. The van der Waals surface area contributed by atoms with Crippen molar-refractivity contribution in [1.82, 2.24) is 19.4 Å². The van der Waals surface area contributed by atoms with Gasteiger partial charge >= 0.3 is 0 Å². The van der Waals surface area contributed by atoms with E-state index in [1.807, 2.05) is 48.0 Å². The van der Waals surface area contributed by atoms with Gasteiger partial charge in [0, 0.05) is 38.0 Å². The van der Waals surface area contributed by atoms with Crippen LogP contribution in [0.5, 0.6) is 0 Å². The molecule has 10 heteroatoms. The lowest BCUT2D eigenvalue weighted by Crippen LogP contribution is -2.34. The molecule has 1 fully saturated rings. The summed E-state index contributed by atoms with van der Waals surface area (Å²) in [6, 6.07) is 13.0. The molecule has 2 heterocycles. The average molecular weight is 552 g/mol. The highest BCUT2D eigenvalue weighted by Crippen LogP contribution is 2.33. The van der Waals surface area contributed by atoms with Gasteiger partial charge in [-0.05, 0) is 68.6 Å². The Morgan fingerprint density at radius 1 is 1.21 bits per heavy atom. The standard InChI is InChI=1S/C29H37N5O4S/c1-5-26(35)33-14-10-9-13-24(20-33)34-27-21(2)17-22(19-32(3)15-16-39(4,37)38)18-25(27)30-29(34)31-28(36)23-11-7-6-8-12-23/h5-8,11-12,17-18,24H,1,9-10,13-16,19-20H2,2-4H3,(H,30,31,36)/t24-/m1/s1. The molecular weight excluding hydrogens is 514 g/mol. The molecule has 0 saturated carbocycles. The molecule has 1 atom stereocenters. The lowest BCUT2D eigenvalue weighted by molar-refractivity contribution is -0.126. The van der Waals surface area contributed by atoms with Crippen LogP contribution < -0.4 is 5.32 Å². The van der Waals surface area contributed by atoms with Gasteiger partial charge < -0.3 is 14.4 Å². The first kappa shape index (κ1) is 28.5. The highest BCUT2D eigenvalue weighted by molar-refractivity contribution is 7.90. The lowest BCUT2D eigenvalue weighted by Gasteiger charge is -2.26. The summed E-state index contributed by atoms with van der Waals surface area (Å²) in [5.41, 5.74) is 4.20. The second kappa shape index (κ2) is 12.1. The fourth-order valence-electron chi connectivity index (χ4n) is 5.18. The van der Waals surface area contributed by atoms with E-state index in [0.29, 0.717) is 37.7 Å². The van der Waals surface area contributed by atoms with E-state index in [2.05, 4.69) is 22.5 Å². The van der Waals surface area contributed by atoms with Gasteiger partial charge in [0.1, 0.15) is 9.84 Å². The zero-order chi connectivity index (χ0) is 28.2. The van der Waals surface area contributed by atoms with Crippen molar-refractivity contribution in [2.75, 3.05) is 44.0 Å². The van der Waals surface area contributed by atoms with Crippen LogP contribution in [0.15, 0.2) is 55.1 Å². The van der Waals surface area contributed by atoms with E-state index in [0.717, 1.165) is 41.4 Å². The molecule has 0 radical (unpaired) electrons. The van der Waals surface area contributed by atoms with E-state index in [4.69, 9.17) is 4.98 Å². The number of aromatic nitrogens is 2. The molecule has 0 aliphatic carbocycles. The number of carbonyl (C=O) groups excluding carboxylic acids is 2. The average Bonchev–Trinajstić information content (AvgIpc) is 3.08. The van der Waals surface area contributed by atoms with Gasteiger partial charge in [-0.25, -0.2) is 13.4 Å². The number of imidazole rings is 1. The Balaban J connectivity index is 1.74. The molecule has 9 nitrogen and oxygen atoms in total. The zero-order valence-corrected chi connectivity index (χ0v) is 23.7. The van der Waals surface area contributed by atoms with Crippen LogP contribution in [0.1, 0.15) is 46.8 Å². The molecule has 39 heavy (non-hydrogen) atoms. The maximum absolute atomic E-state index is 13.2. The Morgan fingerprint density at radius 3 is 2.64 bits per heavy atom. The number of fused-ring (bicyclic) bond motifs is 1. The second-order valence-corrected chi connectivity index (χ2v) is 12.7. The predicted molar refractivity (Wildman–Crippen MR) is 155 cm³/mol. The van der Waals surface area contributed by atoms with Crippen LogP contribution in [0.2, 0.25) is 0 Å². The van der Waals surface area contributed by atoms with E-state index in [9.17, 15) is 18.0 Å². The molecule has 1 aliphatic rings. The topological polar surface area (TPSA) is 105 Å². The lowest BCUT2D eigenvalue weighted by atomic mass is 10.1. The number of aryl methyl sites for hydroxylation is 1. The summed E-state index contributed by atoms with van der Waals surface area (Å²) in [6.07, 6.45) is 5.28. The van der Waals surface area contributed by atoms with Crippen molar-refractivity contribution in [2.24, 2.45) is 0 Å². The van der Waals surface area contributed by atoms with Gasteiger partial charge in [-0.15, -0.1) is 0 Å². The minimum Gasteiger partial charge on any atom is -0.337 e. The van der Waals surface area contributed by atoms with Gasteiger partial charge in [-0.2, -0.15) is 0 Å². The first-order valence-electron chi connectivity index (χ1n) is 13.2. The number of nitrogens with one attached hydrogen (secondary N) is 1. The van der Waals surface area contributed by atoms with Gasteiger partial charge in [-0.3, -0.25) is 14.9 Å². The van der Waals surface area contributed by atoms with Crippen LogP contribution in [-0.4, -0.2) is 78.3 Å². The van der Waals surface area contributed by atoms with Crippen LogP contribution in [0.3, 0.4) is 0 Å². The number of hydrogen-bond acceptors (Lipinski definition) is 6. The molecule has 208 valence electrons. The Hall–Kier alpha value is -3.50. The molecule has 1 saturated heterocycles. The van der Waals surface area contributed by atoms with Crippen LogP contribution in [0.25, 0.3) is 11.0 Å². The van der Waals surface area contributed by atoms with Gasteiger partial charge in [0.25, 0.3) is 5.91 Å². The first-order chi connectivity index (χ1) is 18.6. The molecule has 3 aromatic rings. The number of anilines is 1. The van der Waals surface area contributed by atoms with Crippen molar-refractivity contribution in [3.05, 3.63) is 71.8 Å². The molecule has 0 spiro atoms. The quantitative estimate of drug-likeness (QED) is 0.406. The van der Waals surface area contributed by atoms with E-state index in [-0.39, 0.29) is 23.6 Å². The minimum atomic E-state index is -3.05. The van der Waals surface area contributed by atoms with Crippen molar-refractivity contribution in [3.63, 3.8) is 0 Å². The van der Waals surface area contributed by atoms with E-state index in [1.165, 1.54) is 12.3 Å². The number of likely N-dealkylation sites (tertiary alicyclic amines) is 1. The van der Waals surface area contributed by atoms with Gasteiger partial charge in [-0.1, -0.05) is 30.8 Å². The Kier molecular flexibility index (Phi) is 8.87. The van der Waals surface area contributed by atoms with Gasteiger partial charge in [0.2, 0.25) is 11.9 Å². The van der Waals surface area contributed by atoms with Crippen molar-refractivity contribution in [3.8, 4) is 0 Å². The molecule has 0 unspecified atom stereocenters. The molecular formula is C29H37N5O4S. The third-order valence-corrected chi connectivity index (χ3v) is 8.02. The highest BCUT2D eigenvalue weighted by atomic mass is 32.2. The van der Waals surface area contributed by atoms with Crippen molar-refractivity contribution >= 4 is 38.6 Å². The smallest absolute Gasteiger partial charge is 0.257 e. The number of benzene rings is 2. The van der Waals surface area contributed by atoms with Crippen LogP contribution >= 0.6 is 0 Å². The number of rotatable bonds is 9. The van der Waals surface area contributed by atoms with E-state index in [1.54, 1.807) is 12.1 Å². The predicted octanol–water partition coefficient (Wildman–Crippen LogP) is 3.81. The van der Waals surface area contributed by atoms with E-state index < -0.39 is 9.84 Å².